The van der Waals surface area contributed by atoms with Crippen molar-refractivity contribution < 1.29 is 0 Å². The van der Waals surface area contributed by atoms with Gasteiger partial charge in [-0.05, 0) is 59.5 Å². The van der Waals surface area contributed by atoms with Gasteiger partial charge in [-0.1, -0.05) is 24.3 Å². The Kier molecular flexibility index (Phi) is 5.64. The number of nitrogens with zero attached hydrogens (tertiary/aromatic N) is 4. The number of nitrogens with one attached hydrogen (secondary N) is 1. The normalized spacial score (nSPS) is 13.5. The van der Waals surface area contributed by atoms with Crippen molar-refractivity contribution in [2.24, 2.45) is 0 Å². The Balaban J connectivity index is 1.52. The van der Waals surface area contributed by atoms with E-state index in [0.29, 0.717) is 25.2 Å². The number of aromatic nitrogens is 2. The van der Waals surface area contributed by atoms with Crippen LogP contribution in [0.1, 0.15) is 27.8 Å². The molecule has 4 aromatic rings. The predicted molar refractivity (Wildman–Crippen MR) is 130 cm³/mol. The molecule has 5 rings (SSSR count). The van der Waals surface area contributed by atoms with Gasteiger partial charge >= 0.3 is 0 Å². The van der Waals surface area contributed by atoms with Crippen molar-refractivity contribution >= 4 is 16.7 Å². The number of pyridine rings is 2. The number of anilines is 1. The van der Waals surface area contributed by atoms with Crippen molar-refractivity contribution in [1.82, 2.24) is 14.5 Å². The smallest absolute Gasteiger partial charge is 0.257 e. The summed E-state index contributed by atoms with van der Waals surface area (Å²) in [7, 11) is 1.89. The van der Waals surface area contributed by atoms with Gasteiger partial charge in [0.25, 0.3) is 5.56 Å². The van der Waals surface area contributed by atoms with E-state index in [0.717, 1.165) is 51.9 Å². The molecule has 0 unspecified atom stereocenters. The average Bonchev–Trinajstić information content (AvgIpc) is 2.87. The van der Waals surface area contributed by atoms with Crippen molar-refractivity contribution in [3.05, 3.63) is 105 Å². The molecule has 0 atom stereocenters. The van der Waals surface area contributed by atoms with E-state index in [1.165, 1.54) is 0 Å². The topological polar surface area (TPSA) is 74.0 Å². The fourth-order valence-electron chi connectivity index (χ4n) is 4.66. The molecule has 1 aliphatic heterocycles. The minimum atomic E-state index is 0.0318. The number of fused-ring (bicyclic) bond motifs is 3. The summed E-state index contributed by atoms with van der Waals surface area (Å²) >= 11 is 0. The third-order valence-corrected chi connectivity index (χ3v) is 6.34. The third-order valence-electron chi connectivity index (χ3n) is 6.34. The summed E-state index contributed by atoms with van der Waals surface area (Å²) in [4.78, 5) is 20.6. The van der Waals surface area contributed by atoms with E-state index in [4.69, 9.17) is 0 Å². The Morgan fingerprint density at radius 3 is 2.67 bits per heavy atom. The second-order valence-corrected chi connectivity index (χ2v) is 8.44. The van der Waals surface area contributed by atoms with Crippen LogP contribution in [0, 0.1) is 11.3 Å². The Morgan fingerprint density at radius 1 is 1.03 bits per heavy atom. The maximum Gasteiger partial charge on any atom is 0.257 e. The van der Waals surface area contributed by atoms with Crippen LogP contribution < -0.4 is 10.9 Å². The van der Waals surface area contributed by atoms with Crippen LogP contribution in [0.25, 0.3) is 11.0 Å². The van der Waals surface area contributed by atoms with Crippen LogP contribution in [-0.2, 0) is 26.1 Å². The zero-order chi connectivity index (χ0) is 22.8. The van der Waals surface area contributed by atoms with Crippen LogP contribution in [-0.4, -0.2) is 28.0 Å². The van der Waals surface area contributed by atoms with E-state index in [1.807, 2.05) is 66.2 Å². The van der Waals surface area contributed by atoms with Gasteiger partial charge in [0.05, 0.1) is 18.2 Å². The van der Waals surface area contributed by atoms with Gasteiger partial charge in [-0.3, -0.25) is 14.3 Å². The number of rotatable bonds is 5. The summed E-state index contributed by atoms with van der Waals surface area (Å²) in [5, 5.41) is 13.4. The Hall–Kier alpha value is -3.95. The first-order valence-corrected chi connectivity index (χ1v) is 11.1. The van der Waals surface area contributed by atoms with Gasteiger partial charge in [0, 0.05) is 49.5 Å². The zero-order valence-corrected chi connectivity index (χ0v) is 18.6. The maximum absolute atomic E-state index is 13.7. The van der Waals surface area contributed by atoms with Crippen LogP contribution >= 0.6 is 0 Å². The summed E-state index contributed by atoms with van der Waals surface area (Å²) in [6.07, 6.45) is 2.56. The molecular weight excluding hydrogens is 410 g/mol. The highest BCUT2D eigenvalue weighted by atomic mass is 16.1. The van der Waals surface area contributed by atoms with E-state index in [1.54, 1.807) is 6.20 Å². The van der Waals surface area contributed by atoms with Crippen molar-refractivity contribution in [2.45, 2.75) is 26.1 Å². The molecule has 1 aliphatic rings. The van der Waals surface area contributed by atoms with E-state index < -0.39 is 0 Å². The van der Waals surface area contributed by atoms with Gasteiger partial charge in [0.2, 0.25) is 0 Å². The molecule has 2 aromatic heterocycles. The summed E-state index contributed by atoms with van der Waals surface area (Å²) in [6.45, 7) is 2.65. The summed E-state index contributed by atoms with van der Waals surface area (Å²) in [5.74, 6) is 0. The fraction of sp³-hybridized carbons (Fsp3) is 0.222. The Bertz CT molecular complexity index is 1420. The minimum absolute atomic E-state index is 0.0318. The Labute approximate surface area is 192 Å². The summed E-state index contributed by atoms with van der Waals surface area (Å²) in [6, 6.07) is 22.0. The molecule has 0 fully saturated rings. The lowest BCUT2D eigenvalue weighted by molar-refractivity contribution is 0.244. The summed E-state index contributed by atoms with van der Waals surface area (Å²) < 4.78 is 1.81. The van der Waals surface area contributed by atoms with E-state index >= 15 is 0 Å². The van der Waals surface area contributed by atoms with Crippen molar-refractivity contribution in [1.29, 1.82) is 5.26 Å². The first-order valence-electron chi connectivity index (χ1n) is 11.1. The van der Waals surface area contributed by atoms with Crippen LogP contribution in [0.3, 0.4) is 0 Å². The third kappa shape index (κ3) is 4.11. The highest BCUT2D eigenvalue weighted by molar-refractivity contribution is 5.80. The molecule has 33 heavy (non-hydrogen) atoms. The van der Waals surface area contributed by atoms with Crippen LogP contribution in [0.15, 0.2) is 71.7 Å². The zero-order valence-electron chi connectivity index (χ0n) is 18.6. The average molecular weight is 436 g/mol. The lowest BCUT2D eigenvalue weighted by Gasteiger charge is -2.30. The van der Waals surface area contributed by atoms with Gasteiger partial charge in [0.1, 0.15) is 5.65 Å². The second kappa shape index (κ2) is 8.89. The van der Waals surface area contributed by atoms with Gasteiger partial charge in [-0.15, -0.1) is 0 Å². The molecule has 164 valence electrons. The van der Waals surface area contributed by atoms with Crippen molar-refractivity contribution in [2.75, 3.05) is 18.9 Å². The molecule has 1 N–H and O–H groups in total. The molecule has 0 radical (unpaired) electrons. The van der Waals surface area contributed by atoms with Crippen molar-refractivity contribution in [3.8, 4) is 6.07 Å². The number of hydrogen-bond donors (Lipinski definition) is 1. The molecule has 0 saturated carbocycles. The van der Waals surface area contributed by atoms with E-state index in [9.17, 15) is 10.1 Å². The largest absolute Gasteiger partial charge is 0.388 e. The SMILES string of the molecule is CNc1ccc(Cn2c(=O)c3c(c4cccnc42)CCN(Cc2cccc(C#N)c2)C3)cc1. The number of hydrogen-bond acceptors (Lipinski definition) is 5. The van der Waals surface area contributed by atoms with Gasteiger partial charge in [0.15, 0.2) is 0 Å². The molecule has 6 heteroatoms. The molecule has 0 amide bonds. The first kappa shape index (κ1) is 20.9. The van der Waals surface area contributed by atoms with E-state index in [2.05, 4.69) is 27.3 Å². The predicted octanol–water partition coefficient (Wildman–Crippen LogP) is 3.92. The lowest BCUT2D eigenvalue weighted by atomic mass is 9.97. The highest BCUT2D eigenvalue weighted by Crippen LogP contribution is 2.26. The first-order chi connectivity index (χ1) is 16.2. The molecule has 0 spiro atoms. The quantitative estimate of drug-likeness (QED) is 0.514. The van der Waals surface area contributed by atoms with Gasteiger partial charge in [-0.2, -0.15) is 5.26 Å². The number of nitriles is 1. The standard InChI is InChI=1S/C27H25N5O/c1-29-22-9-7-19(8-10-22)17-32-26-24(6-3-12-30-26)23-11-13-31(18-25(23)27(32)33)16-21-5-2-4-20(14-21)15-28/h2-10,12,14,29H,11,13,16-18H2,1H3. The maximum atomic E-state index is 13.7. The van der Waals surface area contributed by atoms with Gasteiger partial charge < -0.3 is 5.32 Å². The summed E-state index contributed by atoms with van der Waals surface area (Å²) in [5.41, 5.74) is 6.59. The molecule has 0 bridgehead atoms. The molecule has 3 heterocycles. The molecular formula is C27H25N5O. The highest BCUT2D eigenvalue weighted by Gasteiger charge is 2.24. The van der Waals surface area contributed by atoms with Gasteiger partial charge in [-0.25, -0.2) is 4.98 Å². The molecule has 2 aromatic carbocycles. The van der Waals surface area contributed by atoms with E-state index in [-0.39, 0.29) is 5.56 Å². The van der Waals surface area contributed by atoms with Crippen LogP contribution in [0.4, 0.5) is 5.69 Å². The molecule has 6 nitrogen and oxygen atoms in total. The number of benzene rings is 2. The Morgan fingerprint density at radius 2 is 1.88 bits per heavy atom. The molecule has 0 aliphatic carbocycles. The monoisotopic (exact) mass is 435 g/mol. The van der Waals surface area contributed by atoms with Crippen LogP contribution in [0.5, 0.6) is 0 Å². The lowest BCUT2D eigenvalue weighted by Crippen LogP contribution is -2.37. The van der Waals surface area contributed by atoms with Crippen molar-refractivity contribution in [3.63, 3.8) is 0 Å². The molecule has 0 saturated heterocycles. The van der Waals surface area contributed by atoms with Crippen LogP contribution in [0.2, 0.25) is 0 Å². The fourth-order valence-corrected chi connectivity index (χ4v) is 4.66. The second-order valence-electron chi connectivity index (χ2n) is 8.44. The minimum Gasteiger partial charge on any atom is -0.388 e.